The first kappa shape index (κ1) is 15.4. The molecule has 4 nitrogen and oxygen atoms in total. The highest BCUT2D eigenvalue weighted by Crippen LogP contribution is 2.30. The third-order valence-electron chi connectivity index (χ3n) is 2.83. The highest BCUT2D eigenvalue weighted by molar-refractivity contribution is 8.01. The second-order valence-corrected chi connectivity index (χ2v) is 7.25. The highest BCUT2D eigenvalue weighted by atomic mass is 35.5. The fourth-order valence-corrected chi connectivity index (χ4v) is 4.02. The third-order valence-corrected chi connectivity index (χ3v) is 5.30. The van der Waals surface area contributed by atoms with Gasteiger partial charge in [-0.3, -0.25) is 4.79 Å². The number of halogens is 1. The third kappa shape index (κ3) is 3.37. The zero-order valence-corrected chi connectivity index (χ0v) is 13.7. The Kier molecular flexibility index (Phi) is 5.12. The Bertz CT molecular complexity index is 592. The van der Waals surface area contributed by atoms with Crippen molar-refractivity contribution in [2.75, 3.05) is 11.5 Å². The lowest BCUT2D eigenvalue weighted by molar-refractivity contribution is 0.0971. The van der Waals surface area contributed by atoms with Crippen LogP contribution >= 0.6 is 34.7 Å². The Balaban J connectivity index is 2.18. The molecule has 108 valence electrons. The van der Waals surface area contributed by atoms with E-state index >= 15 is 0 Å². The van der Waals surface area contributed by atoms with Crippen LogP contribution in [-0.4, -0.2) is 16.6 Å². The molecule has 0 fully saturated rings. The molecule has 0 bridgehead atoms. The summed E-state index contributed by atoms with van der Waals surface area (Å²) in [5, 5.41) is 3.54. The van der Waals surface area contributed by atoms with Crippen molar-refractivity contribution in [1.82, 2.24) is 10.3 Å². The van der Waals surface area contributed by atoms with Gasteiger partial charge < -0.3 is 11.1 Å². The summed E-state index contributed by atoms with van der Waals surface area (Å²) in [7, 11) is 0. The first-order valence-electron chi connectivity index (χ1n) is 6.29. The number of anilines is 1. The van der Waals surface area contributed by atoms with E-state index in [1.54, 1.807) is 11.8 Å². The summed E-state index contributed by atoms with van der Waals surface area (Å²) in [5.41, 5.74) is 7.49. The minimum absolute atomic E-state index is 0.245. The minimum Gasteiger partial charge on any atom is -0.382 e. The standard InChI is InChI=1S/C13H16ClN3OS2/c1-3-19-13-17-11(15)10(20-13)12(18)16-9-7(2)5-4-6-8(9)14/h5H,3-4,6,15H2,1-2H3,(H,16,18). The molecule has 20 heavy (non-hydrogen) atoms. The molecule has 1 amide bonds. The highest BCUT2D eigenvalue weighted by Gasteiger charge is 2.20. The molecule has 7 heteroatoms. The van der Waals surface area contributed by atoms with E-state index in [-0.39, 0.29) is 11.7 Å². The van der Waals surface area contributed by atoms with Crippen LogP contribution in [0.4, 0.5) is 5.82 Å². The van der Waals surface area contributed by atoms with Gasteiger partial charge >= 0.3 is 0 Å². The number of thiazole rings is 1. The molecule has 1 aliphatic rings. The molecule has 0 saturated heterocycles. The van der Waals surface area contributed by atoms with Crippen LogP contribution in [-0.2, 0) is 0 Å². The maximum absolute atomic E-state index is 12.3. The molecule has 0 radical (unpaired) electrons. The van der Waals surface area contributed by atoms with Crippen LogP contribution in [0.15, 0.2) is 26.7 Å². The summed E-state index contributed by atoms with van der Waals surface area (Å²) < 4.78 is 0.811. The van der Waals surface area contributed by atoms with E-state index in [0.29, 0.717) is 15.6 Å². The van der Waals surface area contributed by atoms with Crippen molar-refractivity contribution in [3.63, 3.8) is 0 Å². The number of hydrogen-bond acceptors (Lipinski definition) is 5. The predicted octanol–water partition coefficient (Wildman–Crippen LogP) is 3.76. The van der Waals surface area contributed by atoms with E-state index in [2.05, 4.69) is 16.4 Å². The van der Waals surface area contributed by atoms with E-state index in [9.17, 15) is 4.79 Å². The summed E-state index contributed by atoms with van der Waals surface area (Å²) in [5.74, 6) is 0.927. The molecular formula is C13H16ClN3OS2. The van der Waals surface area contributed by atoms with Crippen molar-refractivity contribution in [1.29, 1.82) is 0 Å². The molecular weight excluding hydrogens is 314 g/mol. The fourth-order valence-electron chi connectivity index (χ4n) is 1.85. The largest absolute Gasteiger partial charge is 0.382 e. The van der Waals surface area contributed by atoms with Crippen LogP contribution in [0.2, 0.25) is 0 Å². The first-order chi connectivity index (χ1) is 9.52. The van der Waals surface area contributed by atoms with E-state index < -0.39 is 0 Å². The Morgan fingerprint density at radius 3 is 3.05 bits per heavy atom. The van der Waals surface area contributed by atoms with Crippen molar-refractivity contribution in [3.05, 3.63) is 27.3 Å². The normalized spacial score (nSPS) is 15.2. The zero-order valence-electron chi connectivity index (χ0n) is 11.3. The molecule has 0 spiro atoms. The quantitative estimate of drug-likeness (QED) is 0.825. The number of amides is 1. The SMILES string of the molecule is CCSc1nc(N)c(C(=O)NC2=C(Cl)CCC=C2C)s1. The number of nitrogen functional groups attached to an aromatic ring is 1. The molecule has 2 rings (SSSR count). The maximum atomic E-state index is 12.3. The smallest absolute Gasteiger partial charge is 0.269 e. The van der Waals surface area contributed by atoms with Gasteiger partial charge in [0.1, 0.15) is 10.7 Å². The summed E-state index contributed by atoms with van der Waals surface area (Å²) >= 11 is 9.07. The van der Waals surface area contributed by atoms with Crippen LogP contribution in [0.1, 0.15) is 36.4 Å². The van der Waals surface area contributed by atoms with Gasteiger partial charge in [-0.25, -0.2) is 4.98 Å². The monoisotopic (exact) mass is 329 g/mol. The average molecular weight is 330 g/mol. The van der Waals surface area contributed by atoms with E-state index in [1.807, 2.05) is 13.8 Å². The van der Waals surface area contributed by atoms with Gasteiger partial charge in [-0.05, 0) is 31.1 Å². The topological polar surface area (TPSA) is 68.0 Å². The molecule has 1 aromatic heterocycles. The molecule has 0 saturated carbocycles. The van der Waals surface area contributed by atoms with Crippen molar-refractivity contribution >= 4 is 46.4 Å². The second kappa shape index (κ2) is 6.65. The zero-order chi connectivity index (χ0) is 14.7. The minimum atomic E-state index is -0.245. The number of thioether (sulfide) groups is 1. The molecule has 1 heterocycles. The molecule has 0 aliphatic heterocycles. The number of nitrogens with zero attached hydrogens (tertiary/aromatic N) is 1. The van der Waals surface area contributed by atoms with Crippen LogP contribution in [0.3, 0.4) is 0 Å². The lowest BCUT2D eigenvalue weighted by atomic mass is 10.0. The number of aromatic nitrogens is 1. The van der Waals surface area contributed by atoms with E-state index in [4.69, 9.17) is 17.3 Å². The predicted molar refractivity (Wildman–Crippen MR) is 86.3 cm³/mol. The fraction of sp³-hybridized carbons (Fsp3) is 0.385. The number of carbonyl (C=O) groups excluding carboxylic acids is 1. The lowest BCUT2D eigenvalue weighted by Crippen LogP contribution is -2.25. The van der Waals surface area contributed by atoms with Crippen LogP contribution in [0.5, 0.6) is 0 Å². The maximum Gasteiger partial charge on any atom is 0.269 e. The van der Waals surface area contributed by atoms with Crippen LogP contribution in [0.25, 0.3) is 0 Å². The van der Waals surface area contributed by atoms with Gasteiger partial charge in [-0.2, -0.15) is 0 Å². The Hall–Kier alpha value is -0.980. The number of carbonyl (C=O) groups is 1. The average Bonchev–Trinajstić information content (AvgIpc) is 2.75. The number of hydrogen-bond donors (Lipinski definition) is 2. The van der Waals surface area contributed by atoms with Gasteiger partial charge in [0.25, 0.3) is 5.91 Å². The van der Waals surface area contributed by atoms with Gasteiger partial charge in [-0.15, -0.1) is 11.3 Å². The van der Waals surface area contributed by atoms with Crippen LogP contribution < -0.4 is 11.1 Å². The summed E-state index contributed by atoms with van der Waals surface area (Å²) in [6.07, 6.45) is 3.73. The van der Waals surface area contributed by atoms with Crippen LogP contribution in [0, 0.1) is 0 Å². The van der Waals surface area contributed by atoms with Crippen molar-refractivity contribution in [3.8, 4) is 0 Å². The number of allylic oxidation sites excluding steroid dienone is 3. The van der Waals surface area contributed by atoms with Crippen molar-refractivity contribution < 1.29 is 4.79 Å². The molecule has 1 aromatic rings. The Labute approximate surface area is 131 Å². The Morgan fingerprint density at radius 1 is 1.65 bits per heavy atom. The Morgan fingerprint density at radius 2 is 2.40 bits per heavy atom. The van der Waals surface area contributed by atoms with E-state index in [1.165, 1.54) is 11.3 Å². The summed E-state index contributed by atoms with van der Waals surface area (Å²) in [4.78, 5) is 16.9. The van der Waals surface area contributed by atoms with Crippen molar-refractivity contribution in [2.45, 2.75) is 31.0 Å². The molecule has 1 aliphatic carbocycles. The van der Waals surface area contributed by atoms with Gasteiger partial charge in [-0.1, -0.05) is 36.4 Å². The molecule has 0 atom stereocenters. The number of nitrogens with two attached hydrogens (primary N) is 1. The summed E-state index contributed by atoms with van der Waals surface area (Å²) in [6, 6.07) is 0. The first-order valence-corrected chi connectivity index (χ1v) is 8.47. The lowest BCUT2D eigenvalue weighted by Gasteiger charge is -2.16. The van der Waals surface area contributed by atoms with Gasteiger partial charge in [0, 0.05) is 5.03 Å². The second-order valence-electron chi connectivity index (χ2n) is 4.29. The molecule has 0 unspecified atom stereocenters. The van der Waals surface area contributed by atoms with Gasteiger partial charge in [0.15, 0.2) is 4.34 Å². The number of nitrogens with one attached hydrogen (secondary N) is 1. The van der Waals surface area contributed by atoms with Crippen molar-refractivity contribution in [2.24, 2.45) is 0 Å². The molecule has 0 aromatic carbocycles. The van der Waals surface area contributed by atoms with Gasteiger partial charge in [0.2, 0.25) is 0 Å². The van der Waals surface area contributed by atoms with Gasteiger partial charge in [0.05, 0.1) is 5.70 Å². The molecule has 3 N–H and O–H groups in total. The summed E-state index contributed by atoms with van der Waals surface area (Å²) in [6.45, 7) is 3.97. The van der Waals surface area contributed by atoms with E-state index in [0.717, 1.165) is 28.5 Å². The number of rotatable bonds is 4.